The van der Waals surface area contributed by atoms with Crippen LogP contribution in [0.15, 0.2) is 119 Å². The number of hydrogen-bond donors (Lipinski definition) is 1. The van der Waals surface area contributed by atoms with Crippen molar-refractivity contribution >= 4 is 56.8 Å². The topological polar surface area (TPSA) is 92.6 Å². The highest BCUT2D eigenvalue weighted by atomic mass is 32.2. The van der Waals surface area contributed by atoms with E-state index in [1.807, 2.05) is 72.8 Å². The zero-order valence-corrected chi connectivity index (χ0v) is 27.1. The second kappa shape index (κ2) is 14.1. The fourth-order valence-electron chi connectivity index (χ4n) is 5.30. The predicted octanol–water partition coefficient (Wildman–Crippen LogP) is 8.59. The van der Waals surface area contributed by atoms with Gasteiger partial charge in [0.1, 0.15) is 5.75 Å². The largest absolute Gasteiger partial charge is 0.503 e. The Labute approximate surface area is 276 Å². The number of carbonyl (C=O) groups excluding carboxylic acids is 2. The molecule has 0 fully saturated rings. The van der Waals surface area contributed by atoms with Crippen LogP contribution in [0.1, 0.15) is 43.0 Å². The molecule has 1 atom stereocenters. The predicted molar refractivity (Wildman–Crippen MR) is 185 cm³/mol. The maximum Gasteiger partial charge on any atom is 0.296 e. The van der Waals surface area contributed by atoms with E-state index in [-0.39, 0.29) is 5.57 Å². The van der Waals surface area contributed by atoms with E-state index >= 15 is 0 Å². The Bertz CT molecular complexity index is 1930. The molecule has 6 rings (SSSR count). The van der Waals surface area contributed by atoms with E-state index in [2.05, 4.69) is 48.3 Å². The van der Waals surface area contributed by atoms with E-state index in [0.29, 0.717) is 39.1 Å². The molecule has 46 heavy (non-hydrogen) atoms. The summed E-state index contributed by atoms with van der Waals surface area (Å²) in [7, 11) is 0. The van der Waals surface area contributed by atoms with Crippen molar-refractivity contribution in [2.75, 3.05) is 11.5 Å². The van der Waals surface area contributed by atoms with Gasteiger partial charge >= 0.3 is 0 Å². The van der Waals surface area contributed by atoms with Gasteiger partial charge in [-0.3, -0.25) is 14.5 Å². The summed E-state index contributed by atoms with van der Waals surface area (Å²) in [5, 5.41) is 22.6. The summed E-state index contributed by atoms with van der Waals surface area (Å²) in [6.45, 7) is 4.80. The van der Waals surface area contributed by atoms with Crippen LogP contribution in [0.25, 0.3) is 16.8 Å². The molecule has 0 saturated carbocycles. The molecule has 1 unspecified atom stereocenters. The number of rotatable bonds is 12. The number of ether oxygens (including phenoxy) is 1. The number of hydrogen-bond acceptors (Lipinski definition) is 8. The summed E-state index contributed by atoms with van der Waals surface area (Å²) in [5.41, 5.74) is 2.60. The highest BCUT2D eigenvalue weighted by molar-refractivity contribution is 8.00. The van der Waals surface area contributed by atoms with E-state index in [1.165, 1.54) is 50.4 Å². The molecular weight excluding hydrogens is 615 g/mol. The van der Waals surface area contributed by atoms with Gasteiger partial charge in [-0.25, -0.2) is 0 Å². The number of ketones is 1. The standard InChI is InChI=1S/C37H33N3O4S2/c1-24(2)20-21-44-29-16-9-14-27(22-29)33-32(31(41)19-18-25-10-4-3-5-11-25)34(42)35(43)40(33)36-38-39-37(46-36)45-23-28-15-8-13-26-12-6-7-17-30(26)28/h3-19,22,24,33,42H,20-21,23H2,1-2H3. The van der Waals surface area contributed by atoms with Crippen LogP contribution in [0.3, 0.4) is 0 Å². The molecule has 0 saturated heterocycles. The first-order chi connectivity index (χ1) is 22.4. The summed E-state index contributed by atoms with van der Waals surface area (Å²) >= 11 is 2.78. The molecule has 4 aromatic carbocycles. The summed E-state index contributed by atoms with van der Waals surface area (Å²) < 4.78 is 6.68. The van der Waals surface area contributed by atoms with Gasteiger partial charge in [-0.2, -0.15) is 0 Å². The van der Waals surface area contributed by atoms with Crippen molar-refractivity contribution in [1.82, 2.24) is 10.2 Å². The summed E-state index contributed by atoms with van der Waals surface area (Å²) in [4.78, 5) is 28.7. The van der Waals surface area contributed by atoms with Crippen LogP contribution in [0.4, 0.5) is 5.13 Å². The normalized spacial score (nSPS) is 15.1. The second-order valence-electron chi connectivity index (χ2n) is 11.3. The summed E-state index contributed by atoms with van der Waals surface area (Å²) in [6.07, 6.45) is 3.95. The number of carbonyl (C=O) groups is 2. The van der Waals surface area contributed by atoms with Crippen LogP contribution in [0.2, 0.25) is 0 Å². The van der Waals surface area contributed by atoms with Crippen molar-refractivity contribution in [3.63, 3.8) is 0 Å². The van der Waals surface area contributed by atoms with E-state index in [1.54, 1.807) is 6.08 Å². The van der Waals surface area contributed by atoms with Crippen LogP contribution < -0.4 is 9.64 Å². The third-order valence-electron chi connectivity index (χ3n) is 7.67. The third kappa shape index (κ3) is 6.90. The molecule has 0 spiro atoms. The lowest BCUT2D eigenvalue weighted by atomic mass is 9.95. The molecule has 7 nitrogen and oxygen atoms in total. The molecular formula is C37H33N3O4S2. The Morgan fingerprint density at radius 3 is 2.59 bits per heavy atom. The first-order valence-electron chi connectivity index (χ1n) is 15.1. The van der Waals surface area contributed by atoms with Gasteiger partial charge in [0.2, 0.25) is 5.13 Å². The van der Waals surface area contributed by atoms with Crippen LogP contribution >= 0.6 is 23.1 Å². The number of fused-ring (bicyclic) bond motifs is 1. The number of amides is 1. The van der Waals surface area contributed by atoms with Gasteiger partial charge in [0.25, 0.3) is 5.91 Å². The van der Waals surface area contributed by atoms with E-state index < -0.39 is 23.5 Å². The van der Waals surface area contributed by atoms with Crippen LogP contribution in [0.5, 0.6) is 5.75 Å². The highest BCUT2D eigenvalue weighted by Crippen LogP contribution is 2.44. The van der Waals surface area contributed by atoms with Crippen LogP contribution in [-0.2, 0) is 15.3 Å². The number of allylic oxidation sites excluding steroid dienone is 1. The number of anilines is 1. The van der Waals surface area contributed by atoms with Crippen molar-refractivity contribution in [3.05, 3.63) is 131 Å². The van der Waals surface area contributed by atoms with Gasteiger partial charge < -0.3 is 9.84 Å². The quantitative estimate of drug-likeness (QED) is 0.0824. The minimum absolute atomic E-state index is 0.0170. The molecule has 9 heteroatoms. The van der Waals surface area contributed by atoms with Gasteiger partial charge in [-0.05, 0) is 58.0 Å². The Morgan fingerprint density at radius 1 is 1.00 bits per heavy atom. The number of aliphatic hydroxyl groups is 1. The number of aromatic nitrogens is 2. The smallest absolute Gasteiger partial charge is 0.296 e. The van der Waals surface area contributed by atoms with Gasteiger partial charge in [0.05, 0.1) is 18.2 Å². The molecule has 1 amide bonds. The molecule has 0 radical (unpaired) electrons. The number of thioether (sulfide) groups is 1. The lowest BCUT2D eigenvalue weighted by Crippen LogP contribution is -2.30. The Morgan fingerprint density at radius 2 is 1.76 bits per heavy atom. The van der Waals surface area contributed by atoms with E-state index in [0.717, 1.165) is 12.0 Å². The fourth-order valence-corrected chi connectivity index (χ4v) is 7.17. The Balaban J connectivity index is 1.31. The molecule has 1 aromatic heterocycles. The fraction of sp³-hybridized carbons (Fsp3) is 0.189. The Hall–Kier alpha value is -4.73. The first kappa shape index (κ1) is 31.3. The minimum atomic E-state index is -0.919. The molecule has 0 bridgehead atoms. The number of aliphatic hydroxyl groups excluding tert-OH is 1. The molecule has 1 N–H and O–H groups in total. The zero-order chi connectivity index (χ0) is 32.0. The lowest BCUT2D eigenvalue weighted by molar-refractivity contribution is -0.117. The van der Waals surface area contributed by atoms with E-state index in [9.17, 15) is 14.7 Å². The molecule has 232 valence electrons. The Kier molecular flexibility index (Phi) is 9.61. The van der Waals surface area contributed by atoms with Crippen molar-refractivity contribution < 1.29 is 19.4 Å². The average Bonchev–Trinajstić information content (AvgIpc) is 3.64. The van der Waals surface area contributed by atoms with Crippen LogP contribution in [0, 0.1) is 5.92 Å². The molecule has 1 aliphatic heterocycles. The van der Waals surface area contributed by atoms with Crippen molar-refractivity contribution in [1.29, 1.82) is 0 Å². The van der Waals surface area contributed by atoms with Crippen molar-refractivity contribution in [2.45, 2.75) is 36.4 Å². The highest BCUT2D eigenvalue weighted by Gasteiger charge is 2.45. The summed E-state index contributed by atoms with van der Waals surface area (Å²) in [5.74, 6) is 0.00121. The maximum atomic E-state index is 13.7. The average molecular weight is 648 g/mol. The molecule has 1 aliphatic rings. The van der Waals surface area contributed by atoms with Gasteiger partial charge in [-0.15, -0.1) is 10.2 Å². The molecule has 0 aliphatic carbocycles. The lowest BCUT2D eigenvalue weighted by Gasteiger charge is -2.24. The van der Waals surface area contributed by atoms with E-state index in [4.69, 9.17) is 4.74 Å². The monoisotopic (exact) mass is 647 g/mol. The van der Waals surface area contributed by atoms with Crippen molar-refractivity contribution in [2.24, 2.45) is 5.92 Å². The SMILES string of the molecule is CC(C)CCOc1cccc(C2C(C(=O)C=Cc3ccccc3)=C(O)C(=O)N2c2nnc(SCc3cccc4ccccc34)s2)c1. The second-order valence-corrected chi connectivity index (χ2v) is 13.5. The summed E-state index contributed by atoms with van der Waals surface area (Å²) in [6, 6.07) is 30.2. The van der Waals surface area contributed by atoms with Crippen molar-refractivity contribution in [3.8, 4) is 5.75 Å². The third-order valence-corrected chi connectivity index (χ3v) is 9.78. The van der Waals surface area contributed by atoms with Gasteiger partial charge in [-0.1, -0.05) is 128 Å². The zero-order valence-electron chi connectivity index (χ0n) is 25.5. The molecule has 2 heterocycles. The van der Waals surface area contributed by atoms with Gasteiger partial charge in [0.15, 0.2) is 15.9 Å². The minimum Gasteiger partial charge on any atom is -0.503 e. The van der Waals surface area contributed by atoms with Gasteiger partial charge in [0, 0.05) is 5.75 Å². The maximum absolute atomic E-state index is 13.7. The molecule has 5 aromatic rings. The number of nitrogens with zero attached hydrogens (tertiary/aromatic N) is 3. The first-order valence-corrected chi connectivity index (χ1v) is 16.9. The number of benzene rings is 4. The van der Waals surface area contributed by atoms with Crippen LogP contribution in [-0.4, -0.2) is 33.6 Å².